The molecule has 0 saturated heterocycles. The smallest absolute Gasteiger partial charge is 0.228 e. The van der Waals surface area contributed by atoms with Crippen molar-refractivity contribution in [2.75, 3.05) is 11.9 Å². The average molecular weight is 291 g/mol. The van der Waals surface area contributed by atoms with E-state index in [4.69, 9.17) is 4.52 Å². The summed E-state index contributed by atoms with van der Waals surface area (Å²) in [6.45, 7) is 5.20. The zero-order valence-electron chi connectivity index (χ0n) is 12.0. The van der Waals surface area contributed by atoms with Gasteiger partial charge in [0.2, 0.25) is 5.89 Å². The van der Waals surface area contributed by atoms with Gasteiger partial charge < -0.3 is 9.84 Å². The van der Waals surface area contributed by atoms with Crippen molar-refractivity contribution in [3.63, 3.8) is 0 Å². The highest BCUT2D eigenvalue weighted by Crippen LogP contribution is 2.18. The third-order valence-electron chi connectivity index (χ3n) is 3.02. The summed E-state index contributed by atoms with van der Waals surface area (Å²) in [5, 5.41) is 7.98. The van der Waals surface area contributed by atoms with E-state index in [-0.39, 0.29) is 0 Å². The maximum absolute atomic E-state index is 5.25. The summed E-state index contributed by atoms with van der Waals surface area (Å²) >= 11 is 1.86. The predicted molar refractivity (Wildman–Crippen MR) is 84.0 cm³/mol. The van der Waals surface area contributed by atoms with Crippen LogP contribution in [0.4, 0.5) is 5.69 Å². The summed E-state index contributed by atoms with van der Waals surface area (Å²) in [6.07, 6.45) is 1.91. The second-order valence-corrected chi connectivity index (χ2v) is 6.10. The number of benzene rings is 1. The lowest BCUT2D eigenvalue weighted by Crippen LogP contribution is -2.04. The van der Waals surface area contributed by atoms with Crippen molar-refractivity contribution in [2.45, 2.75) is 37.7 Å². The lowest BCUT2D eigenvalue weighted by molar-refractivity contribution is 0.376. The minimum atomic E-state index is 0.636. The van der Waals surface area contributed by atoms with Gasteiger partial charge in [-0.3, -0.25) is 0 Å². The van der Waals surface area contributed by atoms with E-state index in [1.54, 1.807) is 0 Å². The van der Waals surface area contributed by atoms with Gasteiger partial charge >= 0.3 is 0 Å². The molecule has 4 nitrogen and oxygen atoms in total. The van der Waals surface area contributed by atoms with E-state index < -0.39 is 0 Å². The van der Waals surface area contributed by atoms with Crippen LogP contribution in [0.5, 0.6) is 0 Å². The van der Waals surface area contributed by atoms with Crippen LogP contribution >= 0.6 is 11.8 Å². The number of anilines is 1. The maximum atomic E-state index is 5.25. The van der Waals surface area contributed by atoms with Crippen LogP contribution in [-0.4, -0.2) is 21.9 Å². The Kier molecular flexibility index (Phi) is 5.92. The van der Waals surface area contributed by atoms with Gasteiger partial charge in [0.15, 0.2) is 5.82 Å². The van der Waals surface area contributed by atoms with Crippen molar-refractivity contribution < 1.29 is 4.52 Å². The number of aromatic nitrogens is 2. The molecule has 0 saturated carbocycles. The molecule has 0 aliphatic heterocycles. The molecule has 0 spiro atoms. The highest BCUT2D eigenvalue weighted by molar-refractivity contribution is 7.99. The largest absolute Gasteiger partial charge is 0.385 e. The van der Waals surface area contributed by atoms with Crippen molar-refractivity contribution in [2.24, 2.45) is 0 Å². The molecule has 0 amide bonds. The molecule has 1 heterocycles. The highest BCUT2D eigenvalue weighted by atomic mass is 32.2. The lowest BCUT2D eigenvalue weighted by Gasteiger charge is -2.04. The molecule has 0 fully saturated rings. The normalized spacial score (nSPS) is 12.3. The Bertz CT molecular complexity index is 501. The van der Waals surface area contributed by atoms with Crippen molar-refractivity contribution >= 4 is 17.4 Å². The van der Waals surface area contributed by atoms with E-state index in [0.717, 1.165) is 36.7 Å². The van der Waals surface area contributed by atoms with Gasteiger partial charge in [0.05, 0.1) is 5.75 Å². The lowest BCUT2D eigenvalue weighted by atomic mass is 10.3. The second-order valence-electron chi connectivity index (χ2n) is 4.68. The Labute approximate surface area is 124 Å². The first kappa shape index (κ1) is 14.9. The van der Waals surface area contributed by atoms with Gasteiger partial charge in [0.1, 0.15) is 0 Å². The van der Waals surface area contributed by atoms with Gasteiger partial charge in [0, 0.05) is 23.9 Å². The van der Waals surface area contributed by atoms with Crippen LogP contribution in [0.1, 0.15) is 32.0 Å². The fourth-order valence-electron chi connectivity index (χ4n) is 1.65. The Morgan fingerprint density at radius 1 is 1.30 bits per heavy atom. The number of hydrogen-bond donors (Lipinski definition) is 1. The molecule has 20 heavy (non-hydrogen) atoms. The Balaban J connectivity index is 1.73. The van der Waals surface area contributed by atoms with Crippen LogP contribution in [0.3, 0.4) is 0 Å². The molecule has 1 N–H and O–H groups in total. The van der Waals surface area contributed by atoms with Crippen LogP contribution < -0.4 is 5.32 Å². The third-order valence-corrected chi connectivity index (χ3v) is 4.35. The first-order valence-electron chi connectivity index (χ1n) is 7.00. The summed E-state index contributed by atoms with van der Waals surface area (Å²) in [6, 6.07) is 10.1. The highest BCUT2D eigenvalue weighted by Gasteiger charge is 2.08. The molecule has 0 aliphatic rings. The van der Waals surface area contributed by atoms with E-state index in [1.807, 2.05) is 42.1 Å². The second kappa shape index (κ2) is 7.94. The van der Waals surface area contributed by atoms with E-state index in [2.05, 4.69) is 29.3 Å². The first-order chi connectivity index (χ1) is 9.78. The van der Waals surface area contributed by atoms with Crippen LogP contribution in [0.2, 0.25) is 0 Å². The quantitative estimate of drug-likeness (QED) is 0.802. The fraction of sp³-hybridized carbons (Fsp3) is 0.467. The van der Waals surface area contributed by atoms with E-state index >= 15 is 0 Å². The van der Waals surface area contributed by atoms with Gasteiger partial charge in [-0.05, 0) is 18.6 Å². The predicted octanol–water partition coefficient (Wildman–Crippen LogP) is 3.76. The Morgan fingerprint density at radius 2 is 2.10 bits per heavy atom. The van der Waals surface area contributed by atoms with E-state index in [1.165, 1.54) is 0 Å². The first-order valence-corrected chi connectivity index (χ1v) is 8.04. The van der Waals surface area contributed by atoms with Gasteiger partial charge in [0.25, 0.3) is 0 Å². The minimum absolute atomic E-state index is 0.636. The zero-order chi connectivity index (χ0) is 14.2. The summed E-state index contributed by atoms with van der Waals surface area (Å²) < 4.78 is 5.25. The van der Waals surface area contributed by atoms with Crippen molar-refractivity contribution in [1.82, 2.24) is 10.1 Å². The average Bonchev–Trinajstić information content (AvgIpc) is 2.94. The fourth-order valence-corrected chi connectivity index (χ4v) is 2.44. The molecular weight excluding hydrogens is 270 g/mol. The maximum Gasteiger partial charge on any atom is 0.228 e. The van der Waals surface area contributed by atoms with Gasteiger partial charge in [-0.1, -0.05) is 37.2 Å². The number of para-hydroxylation sites is 1. The summed E-state index contributed by atoms with van der Waals surface area (Å²) in [4.78, 5) is 4.41. The number of nitrogens with one attached hydrogen (secondary N) is 1. The van der Waals surface area contributed by atoms with Crippen LogP contribution in [0, 0.1) is 0 Å². The van der Waals surface area contributed by atoms with Crippen molar-refractivity contribution in [3.05, 3.63) is 42.0 Å². The minimum Gasteiger partial charge on any atom is -0.385 e. The Morgan fingerprint density at radius 3 is 2.85 bits per heavy atom. The number of rotatable bonds is 8. The molecule has 1 aromatic carbocycles. The number of thioether (sulfide) groups is 1. The van der Waals surface area contributed by atoms with Crippen LogP contribution in [0.25, 0.3) is 0 Å². The van der Waals surface area contributed by atoms with Gasteiger partial charge in [-0.15, -0.1) is 0 Å². The van der Waals surface area contributed by atoms with Gasteiger partial charge in [-0.25, -0.2) is 0 Å². The van der Waals surface area contributed by atoms with Crippen LogP contribution in [0.15, 0.2) is 34.9 Å². The molecule has 108 valence electrons. The molecular formula is C15H21N3OS. The Hall–Kier alpha value is -1.49. The van der Waals surface area contributed by atoms with Crippen molar-refractivity contribution in [3.8, 4) is 0 Å². The van der Waals surface area contributed by atoms with Crippen molar-refractivity contribution in [1.29, 1.82) is 0 Å². The molecule has 5 heteroatoms. The van der Waals surface area contributed by atoms with Gasteiger partial charge in [-0.2, -0.15) is 16.7 Å². The number of nitrogens with zero attached hydrogens (tertiary/aromatic N) is 2. The molecule has 1 unspecified atom stereocenters. The molecule has 2 aromatic rings. The molecule has 1 atom stereocenters. The summed E-state index contributed by atoms with van der Waals surface area (Å²) in [7, 11) is 0. The summed E-state index contributed by atoms with van der Waals surface area (Å²) in [5.74, 6) is 2.32. The van der Waals surface area contributed by atoms with Crippen LogP contribution in [-0.2, 0) is 12.2 Å². The summed E-state index contributed by atoms with van der Waals surface area (Å²) in [5.41, 5.74) is 1.11. The SMILES string of the molecule is CCC(C)SCc1noc(CCNc2ccccc2)n1. The molecule has 2 rings (SSSR count). The third kappa shape index (κ3) is 4.89. The molecule has 1 aromatic heterocycles. The molecule has 0 aliphatic carbocycles. The molecule has 0 bridgehead atoms. The van der Waals surface area contributed by atoms with E-state index in [0.29, 0.717) is 11.1 Å². The molecule has 0 radical (unpaired) electrons. The zero-order valence-corrected chi connectivity index (χ0v) is 12.8. The standard InChI is InChI=1S/C15H21N3OS/c1-3-12(2)20-11-14-17-15(19-18-14)9-10-16-13-7-5-4-6-8-13/h4-8,12,16H,3,9-11H2,1-2H3. The monoisotopic (exact) mass is 291 g/mol. The number of hydrogen-bond acceptors (Lipinski definition) is 5. The topological polar surface area (TPSA) is 51.0 Å². The van der Waals surface area contributed by atoms with E-state index in [9.17, 15) is 0 Å².